The summed E-state index contributed by atoms with van der Waals surface area (Å²) in [5.41, 5.74) is 2.45. The summed E-state index contributed by atoms with van der Waals surface area (Å²) in [5, 5.41) is 12.2. The second-order valence-electron chi connectivity index (χ2n) is 7.18. The molecule has 6 heteroatoms. The second-order valence-corrected chi connectivity index (χ2v) is 8.13. The van der Waals surface area contributed by atoms with Gasteiger partial charge in [-0.15, -0.1) is 10.2 Å². The number of nitrogens with zero attached hydrogens (tertiary/aromatic N) is 3. The van der Waals surface area contributed by atoms with Gasteiger partial charge in [0.05, 0.1) is 5.75 Å². The number of thioether (sulfide) groups is 1. The van der Waals surface area contributed by atoms with E-state index < -0.39 is 0 Å². The molecule has 0 saturated carbocycles. The van der Waals surface area contributed by atoms with Gasteiger partial charge in [0.15, 0.2) is 11.0 Å². The lowest BCUT2D eigenvalue weighted by atomic mass is 9.92. The Morgan fingerprint density at radius 3 is 2.71 bits per heavy atom. The molecule has 0 atom stereocenters. The van der Waals surface area contributed by atoms with Crippen molar-refractivity contribution in [3.63, 3.8) is 0 Å². The fourth-order valence-electron chi connectivity index (χ4n) is 2.23. The average Bonchev–Trinajstić information content (AvgIpc) is 2.85. The van der Waals surface area contributed by atoms with Gasteiger partial charge < -0.3 is 9.88 Å². The molecule has 24 heavy (non-hydrogen) atoms. The highest BCUT2D eigenvalue weighted by Crippen LogP contribution is 2.23. The second kappa shape index (κ2) is 7.83. The van der Waals surface area contributed by atoms with Crippen LogP contribution < -0.4 is 5.32 Å². The molecule has 2 rings (SSSR count). The highest BCUT2D eigenvalue weighted by molar-refractivity contribution is 7.99. The number of rotatable bonds is 6. The molecule has 0 saturated heterocycles. The minimum absolute atomic E-state index is 0.0318. The van der Waals surface area contributed by atoms with E-state index in [0.29, 0.717) is 12.3 Å². The zero-order valence-corrected chi connectivity index (χ0v) is 15.9. The number of amides is 1. The predicted molar refractivity (Wildman–Crippen MR) is 99.0 cm³/mol. The summed E-state index contributed by atoms with van der Waals surface area (Å²) in [5.74, 6) is 1.20. The lowest BCUT2D eigenvalue weighted by Crippen LogP contribution is -2.28. The number of hydrogen-bond acceptors (Lipinski definition) is 4. The molecule has 1 N–H and O–H groups in total. The fraction of sp³-hybridized carbons (Fsp3) is 0.500. The molecule has 130 valence electrons. The van der Waals surface area contributed by atoms with Crippen LogP contribution in [0.15, 0.2) is 29.4 Å². The molecule has 0 aliphatic heterocycles. The Morgan fingerprint density at radius 2 is 2.04 bits per heavy atom. The van der Waals surface area contributed by atoms with Gasteiger partial charge in [-0.1, -0.05) is 56.3 Å². The molecule has 5 nitrogen and oxygen atoms in total. The Bertz CT molecular complexity index is 703. The molecule has 1 aromatic heterocycles. The van der Waals surface area contributed by atoms with Crippen molar-refractivity contribution < 1.29 is 4.79 Å². The summed E-state index contributed by atoms with van der Waals surface area (Å²) < 4.78 is 1.93. The van der Waals surface area contributed by atoms with Crippen LogP contribution in [0.25, 0.3) is 11.4 Å². The zero-order valence-electron chi connectivity index (χ0n) is 15.1. The van der Waals surface area contributed by atoms with Crippen molar-refractivity contribution in [3.8, 4) is 11.4 Å². The molecular weight excluding hydrogens is 320 g/mol. The summed E-state index contributed by atoms with van der Waals surface area (Å²) >= 11 is 1.41. The summed E-state index contributed by atoms with van der Waals surface area (Å²) in [6.07, 6.45) is 0.963. The highest BCUT2D eigenvalue weighted by atomic mass is 32.2. The Kier molecular flexibility index (Phi) is 6.04. The smallest absolute Gasteiger partial charge is 0.230 e. The van der Waals surface area contributed by atoms with Crippen LogP contribution in [-0.2, 0) is 11.8 Å². The van der Waals surface area contributed by atoms with Crippen LogP contribution >= 0.6 is 11.8 Å². The Hall–Kier alpha value is -1.82. The molecule has 1 aromatic carbocycles. The molecule has 1 heterocycles. The highest BCUT2D eigenvalue weighted by Gasteiger charge is 2.14. The normalized spacial score (nSPS) is 11.5. The van der Waals surface area contributed by atoms with Gasteiger partial charge in [0, 0.05) is 19.2 Å². The number of aromatic nitrogens is 3. The van der Waals surface area contributed by atoms with Crippen LogP contribution in [-0.4, -0.2) is 33.0 Å². The lowest BCUT2D eigenvalue weighted by Gasteiger charge is -2.17. The van der Waals surface area contributed by atoms with Gasteiger partial charge in [-0.3, -0.25) is 4.79 Å². The first-order valence-corrected chi connectivity index (χ1v) is 9.11. The van der Waals surface area contributed by atoms with Crippen LogP contribution in [0.4, 0.5) is 0 Å². The van der Waals surface area contributed by atoms with E-state index in [2.05, 4.69) is 55.3 Å². The maximum Gasteiger partial charge on any atom is 0.230 e. The summed E-state index contributed by atoms with van der Waals surface area (Å²) in [4.78, 5) is 11.9. The van der Waals surface area contributed by atoms with E-state index in [1.165, 1.54) is 17.3 Å². The van der Waals surface area contributed by atoms with Crippen molar-refractivity contribution in [1.82, 2.24) is 20.1 Å². The topological polar surface area (TPSA) is 59.8 Å². The van der Waals surface area contributed by atoms with Gasteiger partial charge in [0.25, 0.3) is 0 Å². The van der Waals surface area contributed by atoms with Crippen molar-refractivity contribution in [3.05, 3.63) is 29.8 Å². The van der Waals surface area contributed by atoms with Gasteiger partial charge in [-0.2, -0.15) is 0 Å². The van der Waals surface area contributed by atoms with Crippen molar-refractivity contribution in [2.75, 3.05) is 12.3 Å². The molecule has 2 aromatic rings. The number of hydrogen-bond donors (Lipinski definition) is 1. The molecular formula is C18H26N4OS. The Balaban J connectivity index is 1.91. The number of carbonyl (C=O) groups excluding carboxylic acids is 1. The Labute approximate surface area is 148 Å². The first-order valence-electron chi connectivity index (χ1n) is 8.12. The zero-order chi connectivity index (χ0) is 17.7. The van der Waals surface area contributed by atoms with E-state index >= 15 is 0 Å². The number of benzene rings is 1. The number of aryl methyl sites for hydroxylation is 1. The van der Waals surface area contributed by atoms with E-state index in [4.69, 9.17) is 0 Å². The maximum absolute atomic E-state index is 11.9. The van der Waals surface area contributed by atoms with Crippen molar-refractivity contribution in [2.24, 2.45) is 12.5 Å². The molecule has 0 aliphatic carbocycles. The molecule has 0 bridgehead atoms. The van der Waals surface area contributed by atoms with Gasteiger partial charge >= 0.3 is 0 Å². The van der Waals surface area contributed by atoms with E-state index in [1.54, 1.807) is 0 Å². The van der Waals surface area contributed by atoms with Crippen LogP contribution in [0.3, 0.4) is 0 Å². The molecule has 0 aliphatic rings. The first kappa shape index (κ1) is 18.5. The van der Waals surface area contributed by atoms with Crippen LogP contribution in [0.1, 0.15) is 32.8 Å². The van der Waals surface area contributed by atoms with Crippen LogP contribution in [0.5, 0.6) is 0 Å². The predicted octanol–water partition coefficient (Wildman–Crippen LogP) is 3.44. The van der Waals surface area contributed by atoms with Crippen molar-refractivity contribution in [2.45, 2.75) is 39.3 Å². The van der Waals surface area contributed by atoms with E-state index in [-0.39, 0.29) is 11.3 Å². The van der Waals surface area contributed by atoms with E-state index in [0.717, 1.165) is 23.0 Å². The molecule has 0 fully saturated rings. The fourth-order valence-corrected chi connectivity index (χ4v) is 2.98. The third-order valence-corrected chi connectivity index (χ3v) is 4.66. The quantitative estimate of drug-likeness (QED) is 0.814. The van der Waals surface area contributed by atoms with Gasteiger partial charge in [-0.25, -0.2) is 0 Å². The standard InChI is InChI=1S/C18H26N4OS/c1-13-7-6-8-14(11-13)16-20-21-17(22(16)5)24-12-15(23)19-10-9-18(2,3)4/h6-8,11H,9-10,12H2,1-5H3,(H,19,23). The minimum atomic E-state index is 0.0318. The van der Waals surface area contributed by atoms with Crippen LogP contribution in [0, 0.1) is 12.3 Å². The minimum Gasteiger partial charge on any atom is -0.355 e. The summed E-state index contributed by atoms with van der Waals surface area (Å²) in [6.45, 7) is 9.26. The van der Waals surface area contributed by atoms with Crippen LogP contribution in [0.2, 0.25) is 0 Å². The Morgan fingerprint density at radius 1 is 1.29 bits per heavy atom. The van der Waals surface area contributed by atoms with E-state index in [1.807, 2.05) is 23.7 Å². The summed E-state index contributed by atoms with van der Waals surface area (Å²) in [7, 11) is 1.93. The van der Waals surface area contributed by atoms with E-state index in [9.17, 15) is 4.79 Å². The van der Waals surface area contributed by atoms with Crippen molar-refractivity contribution in [1.29, 1.82) is 0 Å². The monoisotopic (exact) mass is 346 g/mol. The third-order valence-electron chi connectivity index (χ3n) is 3.64. The SMILES string of the molecule is Cc1cccc(-c2nnc(SCC(=O)NCCC(C)(C)C)n2C)c1. The first-order chi connectivity index (χ1) is 11.3. The maximum atomic E-state index is 11.9. The lowest BCUT2D eigenvalue weighted by molar-refractivity contribution is -0.118. The number of nitrogens with one attached hydrogen (secondary N) is 1. The molecule has 0 radical (unpaired) electrons. The van der Waals surface area contributed by atoms with Crippen molar-refractivity contribution >= 4 is 17.7 Å². The molecule has 1 amide bonds. The largest absolute Gasteiger partial charge is 0.355 e. The van der Waals surface area contributed by atoms with Gasteiger partial charge in [-0.05, 0) is 24.8 Å². The average molecular weight is 347 g/mol. The molecule has 0 spiro atoms. The van der Waals surface area contributed by atoms with Gasteiger partial charge in [0.1, 0.15) is 0 Å². The third kappa shape index (κ3) is 5.37. The number of carbonyl (C=O) groups is 1. The van der Waals surface area contributed by atoms with Gasteiger partial charge in [0.2, 0.25) is 5.91 Å². The summed E-state index contributed by atoms with van der Waals surface area (Å²) in [6, 6.07) is 8.16. The molecule has 0 unspecified atom stereocenters.